The van der Waals surface area contributed by atoms with Gasteiger partial charge in [-0.05, 0) is 12.0 Å². The predicted molar refractivity (Wildman–Crippen MR) is 70.6 cm³/mol. The third-order valence-electron chi connectivity index (χ3n) is 2.80. The molecule has 0 saturated heterocycles. The van der Waals surface area contributed by atoms with E-state index in [4.69, 9.17) is 10.5 Å². The Morgan fingerprint density at radius 2 is 2.06 bits per heavy atom. The zero-order valence-electron chi connectivity index (χ0n) is 10.9. The van der Waals surface area contributed by atoms with Crippen molar-refractivity contribution in [3.8, 4) is 5.69 Å². The highest BCUT2D eigenvalue weighted by molar-refractivity contribution is 5.46. The number of hydrogen-bond donors (Lipinski definition) is 1. The number of nitrogen functional groups attached to an aromatic ring is 1. The second-order valence-corrected chi connectivity index (χ2v) is 4.49. The first-order valence-corrected chi connectivity index (χ1v) is 5.93. The average molecular weight is 246 g/mol. The molecule has 2 rings (SSSR count). The number of nitrogens with two attached hydrogens (primary N) is 1. The fraction of sp³-hybridized carbons (Fsp3) is 0.385. The van der Waals surface area contributed by atoms with Crippen LogP contribution in [0, 0.1) is 0 Å². The monoisotopic (exact) mass is 246 g/mol. The van der Waals surface area contributed by atoms with Crippen molar-refractivity contribution in [1.82, 2.24) is 15.0 Å². The molecule has 2 aromatic rings. The number of para-hydroxylation sites is 1. The van der Waals surface area contributed by atoms with Gasteiger partial charge in [-0.1, -0.05) is 37.3 Å². The van der Waals surface area contributed by atoms with E-state index in [2.05, 4.69) is 24.2 Å². The Balaban J connectivity index is 2.55. The van der Waals surface area contributed by atoms with Crippen molar-refractivity contribution in [2.75, 3.05) is 12.8 Å². The molecule has 0 saturated carbocycles. The topological polar surface area (TPSA) is 66.0 Å². The minimum absolute atomic E-state index is 0.260. The average Bonchev–Trinajstić information content (AvgIpc) is 2.72. The smallest absolute Gasteiger partial charge is 0.169 e. The largest absolute Gasteiger partial charge is 0.381 e. The van der Waals surface area contributed by atoms with Gasteiger partial charge in [-0.25, -0.2) is 4.68 Å². The van der Waals surface area contributed by atoms with E-state index < -0.39 is 0 Å². The van der Waals surface area contributed by atoms with Gasteiger partial charge in [0.25, 0.3) is 0 Å². The van der Waals surface area contributed by atoms with Gasteiger partial charge in [-0.2, -0.15) is 0 Å². The first kappa shape index (κ1) is 12.6. The van der Waals surface area contributed by atoms with Crippen molar-refractivity contribution < 1.29 is 4.74 Å². The van der Waals surface area contributed by atoms with Crippen molar-refractivity contribution in [3.63, 3.8) is 0 Å². The molecule has 0 radical (unpaired) electrons. The van der Waals surface area contributed by atoms with Gasteiger partial charge in [0, 0.05) is 12.7 Å². The number of aromatic nitrogens is 3. The van der Waals surface area contributed by atoms with Crippen LogP contribution in [0.2, 0.25) is 0 Å². The quantitative estimate of drug-likeness (QED) is 0.897. The Bertz CT molecular complexity index is 534. The maximum Gasteiger partial charge on any atom is 0.169 e. The molecular weight excluding hydrogens is 228 g/mol. The summed E-state index contributed by atoms with van der Waals surface area (Å²) in [5.74, 6) is 0.743. The number of nitrogens with zero attached hydrogens (tertiary/aromatic N) is 3. The van der Waals surface area contributed by atoms with E-state index in [1.807, 2.05) is 24.3 Å². The van der Waals surface area contributed by atoms with Crippen LogP contribution in [0.4, 0.5) is 5.82 Å². The van der Waals surface area contributed by atoms with Crippen molar-refractivity contribution in [2.24, 2.45) is 0 Å². The normalized spacial score (nSPS) is 11.1. The van der Waals surface area contributed by atoms with Gasteiger partial charge in [0.2, 0.25) is 0 Å². The van der Waals surface area contributed by atoms with Crippen molar-refractivity contribution in [1.29, 1.82) is 0 Å². The molecule has 0 aliphatic heterocycles. The molecule has 0 spiro atoms. The molecule has 1 heterocycles. The zero-order chi connectivity index (χ0) is 13.1. The summed E-state index contributed by atoms with van der Waals surface area (Å²) >= 11 is 0. The van der Waals surface area contributed by atoms with Crippen LogP contribution in [0.25, 0.3) is 5.69 Å². The van der Waals surface area contributed by atoms with E-state index in [9.17, 15) is 0 Å². The van der Waals surface area contributed by atoms with E-state index in [0.717, 1.165) is 16.9 Å². The molecule has 0 aliphatic rings. The molecule has 0 unspecified atom stereocenters. The lowest BCUT2D eigenvalue weighted by molar-refractivity contribution is 0.184. The van der Waals surface area contributed by atoms with Crippen LogP contribution in [0.15, 0.2) is 24.3 Å². The van der Waals surface area contributed by atoms with Gasteiger partial charge in [0.15, 0.2) is 5.82 Å². The third kappa shape index (κ3) is 2.22. The summed E-state index contributed by atoms with van der Waals surface area (Å²) in [6.07, 6.45) is 0. The zero-order valence-corrected chi connectivity index (χ0v) is 10.9. The second-order valence-electron chi connectivity index (χ2n) is 4.49. The van der Waals surface area contributed by atoms with Crippen LogP contribution in [0.5, 0.6) is 0 Å². The van der Waals surface area contributed by atoms with E-state index in [0.29, 0.717) is 12.4 Å². The molecule has 0 bridgehead atoms. The minimum Gasteiger partial charge on any atom is -0.381 e. The van der Waals surface area contributed by atoms with E-state index in [1.165, 1.54) is 0 Å². The number of methoxy groups -OCH3 is 1. The highest BCUT2D eigenvalue weighted by atomic mass is 16.5. The Kier molecular flexibility index (Phi) is 3.62. The molecule has 5 heteroatoms. The fourth-order valence-electron chi connectivity index (χ4n) is 2.01. The lowest BCUT2D eigenvalue weighted by Crippen LogP contribution is -2.08. The molecule has 0 fully saturated rings. The Morgan fingerprint density at radius 1 is 1.33 bits per heavy atom. The molecular formula is C13H18N4O. The Labute approximate surface area is 107 Å². The molecule has 18 heavy (non-hydrogen) atoms. The van der Waals surface area contributed by atoms with E-state index in [-0.39, 0.29) is 5.92 Å². The molecule has 5 nitrogen and oxygen atoms in total. The number of anilines is 1. The van der Waals surface area contributed by atoms with Crippen LogP contribution in [0.3, 0.4) is 0 Å². The van der Waals surface area contributed by atoms with Crippen LogP contribution >= 0.6 is 0 Å². The predicted octanol–water partition coefficient (Wildman–Crippen LogP) is 2.12. The summed E-state index contributed by atoms with van der Waals surface area (Å²) in [6.45, 7) is 4.68. The molecule has 96 valence electrons. The van der Waals surface area contributed by atoms with Gasteiger partial charge < -0.3 is 10.5 Å². The minimum atomic E-state index is 0.260. The summed E-state index contributed by atoms with van der Waals surface area (Å²) in [5, 5.41) is 8.10. The third-order valence-corrected chi connectivity index (χ3v) is 2.80. The number of rotatable bonds is 4. The van der Waals surface area contributed by atoms with Gasteiger partial charge in [0.1, 0.15) is 0 Å². The summed E-state index contributed by atoms with van der Waals surface area (Å²) in [5.41, 5.74) is 8.83. The highest BCUT2D eigenvalue weighted by Crippen LogP contribution is 2.24. The molecule has 0 amide bonds. The molecule has 1 aromatic carbocycles. The maximum atomic E-state index is 5.88. The van der Waals surface area contributed by atoms with Gasteiger partial charge in [-0.3, -0.25) is 0 Å². The first-order valence-electron chi connectivity index (χ1n) is 5.93. The summed E-state index contributed by atoms with van der Waals surface area (Å²) < 4.78 is 7.00. The molecule has 0 aliphatic carbocycles. The highest BCUT2D eigenvalue weighted by Gasteiger charge is 2.16. The van der Waals surface area contributed by atoms with Crippen molar-refractivity contribution in [3.05, 3.63) is 35.5 Å². The number of ether oxygens (including phenoxy) is 1. The molecule has 1 aromatic heterocycles. The van der Waals surface area contributed by atoms with E-state index >= 15 is 0 Å². The van der Waals surface area contributed by atoms with Crippen molar-refractivity contribution in [2.45, 2.75) is 26.4 Å². The lowest BCUT2D eigenvalue weighted by atomic mass is 10.1. The lowest BCUT2D eigenvalue weighted by Gasteiger charge is -2.13. The van der Waals surface area contributed by atoms with Gasteiger partial charge in [-0.15, -0.1) is 5.10 Å². The van der Waals surface area contributed by atoms with Gasteiger partial charge >= 0.3 is 0 Å². The fourth-order valence-corrected chi connectivity index (χ4v) is 2.01. The van der Waals surface area contributed by atoms with Crippen LogP contribution < -0.4 is 5.73 Å². The van der Waals surface area contributed by atoms with Crippen LogP contribution in [0.1, 0.15) is 31.0 Å². The summed E-state index contributed by atoms with van der Waals surface area (Å²) in [4.78, 5) is 0. The Morgan fingerprint density at radius 3 is 2.72 bits per heavy atom. The van der Waals surface area contributed by atoms with Crippen LogP contribution in [-0.2, 0) is 11.3 Å². The Hall–Kier alpha value is -1.88. The maximum absolute atomic E-state index is 5.88. The summed E-state index contributed by atoms with van der Waals surface area (Å²) in [7, 11) is 1.68. The number of hydrogen-bond acceptors (Lipinski definition) is 4. The standard InChI is InChI=1S/C13H18N4O/c1-9(2)12-13(14)15-16-17(12)11-7-5-4-6-10(11)8-18-3/h4-7,9H,8,14H2,1-3H3. The second kappa shape index (κ2) is 5.18. The van der Waals surface area contributed by atoms with Crippen molar-refractivity contribution >= 4 is 5.82 Å². The van der Waals surface area contributed by atoms with Crippen LogP contribution in [-0.4, -0.2) is 22.1 Å². The molecule has 2 N–H and O–H groups in total. The van der Waals surface area contributed by atoms with Gasteiger partial charge in [0.05, 0.1) is 18.0 Å². The SMILES string of the molecule is COCc1ccccc1-n1nnc(N)c1C(C)C. The number of benzene rings is 1. The van der Waals surface area contributed by atoms with E-state index in [1.54, 1.807) is 11.8 Å². The first-order chi connectivity index (χ1) is 8.65. The molecule has 0 atom stereocenters. The summed E-state index contributed by atoms with van der Waals surface area (Å²) in [6, 6.07) is 7.96.